The molecule has 0 radical (unpaired) electrons. The van der Waals surface area contributed by atoms with Crippen LogP contribution in [0, 0.1) is 0 Å². The Morgan fingerprint density at radius 3 is 3.00 bits per heavy atom. The average molecular weight is 191 g/mol. The lowest BCUT2D eigenvalue weighted by Crippen LogP contribution is -2.41. The number of fused-ring (bicyclic) bond motifs is 1. The molecule has 0 fully saturated rings. The lowest BCUT2D eigenvalue weighted by Gasteiger charge is -2.26. The summed E-state index contributed by atoms with van der Waals surface area (Å²) in [5.41, 5.74) is 0. The minimum atomic E-state index is -4.26. The predicted octanol–water partition coefficient (Wildman–Crippen LogP) is 1.09. The number of rotatable bonds is 0. The summed E-state index contributed by atoms with van der Waals surface area (Å²) >= 11 is 0. The molecule has 1 aliphatic heterocycles. The highest BCUT2D eigenvalue weighted by atomic mass is 19.4. The van der Waals surface area contributed by atoms with E-state index in [1.807, 2.05) is 0 Å². The molecule has 1 unspecified atom stereocenters. The van der Waals surface area contributed by atoms with Gasteiger partial charge in [0.2, 0.25) is 0 Å². The quantitative estimate of drug-likeness (QED) is 0.665. The van der Waals surface area contributed by atoms with Crippen LogP contribution in [0.4, 0.5) is 13.2 Å². The van der Waals surface area contributed by atoms with E-state index in [2.05, 4.69) is 10.3 Å². The van der Waals surface area contributed by atoms with Crippen LogP contribution in [0.2, 0.25) is 0 Å². The Balaban J connectivity index is 2.35. The lowest BCUT2D eigenvalue weighted by atomic mass is 10.2. The third kappa shape index (κ3) is 1.41. The number of nitrogens with zero attached hydrogens (tertiary/aromatic N) is 2. The van der Waals surface area contributed by atoms with E-state index in [4.69, 9.17) is 0 Å². The van der Waals surface area contributed by atoms with Crippen LogP contribution < -0.4 is 5.32 Å². The third-order valence-electron chi connectivity index (χ3n) is 2.03. The van der Waals surface area contributed by atoms with Crippen molar-refractivity contribution in [1.29, 1.82) is 0 Å². The van der Waals surface area contributed by atoms with E-state index in [0.717, 1.165) is 0 Å². The summed E-state index contributed by atoms with van der Waals surface area (Å²) in [6.45, 7) is 0.870. The minimum absolute atomic E-state index is 0.0544. The lowest BCUT2D eigenvalue weighted by molar-refractivity contribution is -0.162. The highest BCUT2D eigenvalue weighted by Gasteiger charge is 2.44. The molecule has 0 saturated carbocycles. The Labute approximate surface area is 72.6 Å². The van der Waals surface area contributed by atoms with Crippen LogP contribution in [0.25, 0.3) is 0 Å². The number of imidazole rings is 1. The first-order valence-electron chi connectivity index (χ1n) is 3.90. The first-order valence-corrected chi connectivity index (χ1v) is 3.90. The van der Waals surface area contributed by atoms with Gasteiger partial charge in [0.1, 0.15) is 5.82 Å². The van der Waals surface area contributed by atoms with Gasteiger partial charge in [0, 0.05) is 25.5 Å². The number of hydrogen-bond donors (Lipinski definition) is 1. The fraction of sp³-hybridized carbons (Fsp3) is 0.571. The monoisotopic (exact) mass is 191 g/mol. The summed E-state index contributed by atoms with van der Waals surface area (Å²) < 4.78 is 38.7. The van der Waals surface area contributed by atoms with Gasteiger partial charge in [-0.25, -0.2) is 4.98 Å². The Morgan fingerprint density at radius 1 is 1.54 bits per heavy atom. The van der Waals surface area contributed by atoms with Crippen LogP contribution in [0.15, 0.2) is 12.4 Å². The summed E-state index contributed by atoms with van der Waals surface area (Å²) in [6.07, 6.45) is -1.31. The second-order valence-electron chi connectivity index (χ2n) is 2.91. The van der Waals surface area contributed by atoms with Gasteiger partial charge in [-0.2, -0.15) is 13.2 Å². The van der Waals surface area contributed by atoms with Crippen molar-refractivity contribution >= 4 is 0 Å². The van der Waals surface area contributed by atoms with Gasteiger partial charge in [-0.3, -0.25) is 5.32 Å². The summed E-state index contributed by atoms with van der Waals surface area (Å²) in [6, 6.07) is -1.61. The highest BCUT2D eigenvalue weighted by molar-refractivity contribution is 5.05. The number of hydrogen-bond acceptors (Lipinski definition) is 2. The average Bonchev–Trinajstić information content (AvgIpc) is 2.48. The topological polar surface area (TPSA) is 29.9 Å². The molecule has 1 atom stereocenters. The van der Waals surface area contributed by atoms with Gasteiger partial charge in [-0.05, 0) is 0 Å². The minimum Gasteiger partial charge on any atom is -0.332 e. The van der Waals surface area contributed by atoms with Crippen LogP contribution in [0.3, 0.4) is 0 Å². The van der Waals surface area contributed by atoms with Crippen molar-refractivity contribution in [3.05, 3.63) is 18.2 Å². The van der Waals surface area contributed by atoms with Crippen LogP contribution in [0.5, 0.6) is 0 Å². The molecule has 1 aromatic rings. The van der Waals surface area contributed by atoms with Crippen LogP contribution in [-0.4, -0.2) is 22.3 Å². The Morgan fingerprint density at radius 2 is 2.31 bits per heavy atom. The van der Waals surface area contributed by atoms with Crippen LogP contribution in [-0.2, 0) is 6.54 Å². The van der Waals surface area contributed by atoms with Gasteiger partial charge >= 0.3 is 6.18 Å². The fourth-order valence-electron chi connectivity index (χ4n) is 1.45. The standard InChI is InChI=1S/C7H8F3N3/c8-7(9,10)5-6-12-2-4-13(6)3-1-11-5/h2,4-5,11H,1,3H2. The molecule has 0 aliphatic carbocycles. The van der Waals surface area contributed by atoms with E-state index in [1.54, 1.807) is 6.20 Å². The molecule has 3 nitrogen and oxygen atoms in total. The molecule has 2 rings (SSSR count). The maximum Gasteiger partial charge on any atom is 0.410 e. The van der Waals surface area contributed by atoms with E-state index in [9.17, 15) is 13.2 Å². The van der Waals surface area contributed by atoms with Crippen molar-refractivity contribution in [2.45, 2.75) is 18.8 Å². The maximum atomic E-state index is 12.4. The molecule has 72 valence electrons. The molecule has 1 aliphatic rings. The zero-order chi connectivity index (χ0) is 9.47. The second kappa shape index (κ2) is 2.73. The number of alkyl halides is 3. The molecule has 0 saturated heterocycles. The van der Waals surface area contributed by atoms with E-state index < -0.39 is 12.2 Å². The van der Waals surface area contributed by atoms with Crippen molar-refractivity contribution in [3.8, 4) is 0 Å². The fourth-order valence-corrected chi connectivity index (χ4v) is 1.45. The first-order chi connectivity index (χ1) is 6.09. The Hall–Kier alpha value is -1.04. The van der Waals surface area contributed by atoms with Crippen molar-refractivity contribution < 1.29 is 13.2 Å². The normalized spacial score (nSPS) is 22.8. The SMILES string of the molecule is FC(F)(F)C1NCCn2ccnc21. The summed E-state index contributed by atoms with van der Waals surface area (Å²) in [7, 11) is 0. The molecule has 13 heavy (non-hydrogen) atoms. The second-order valence-corrected chi connectivity index (χ2v) is 2.91. The zero-order valence-electron chi connectivity index (χ0n) is 6.67. The molecule has 0 bridgehead atoms. The van der Waals surface area contributed by atoms with E-state index in [1.165, 1.54) is 10.8 Å². The van der Waals surface area contributed by atoms with E-state index >= 15 is 0 Å². The summed E-state index contributed by atoms with van der Waals surface area (Å²) in [4.78, 5) is 3.69. The maximum absolute atomic E-state index is 12.4. The molecule has 0 spiro atoms. The highest BCUT2D eigenvalue weighted by Crippen LogP contribution is 2.32. The van der Waals surface area contributed by atoms with E-state index in [0.29, 0.717) is 13.1 Å². The third-order valence-corrected chi connectivity index (χ3v) is 2.03. The Kier molecular flexibility index (Phi) is 1.80. The van der Waals surface area contributed by atoms with Gasteiger partial charge in [0.25, 0.3) is 0 Å². The molecular weight excluding hydrogens is 183 g/mol. The van der Waals surface area contributed by atoms with E-state index in [-0.39, 0.29) is 5.82 Å². The Bertz CT molecular complexity index is 304. The molecule has 1 N–H and O–H groups in total. The summed E-state index contributed by atoms with van der Waals surface area (Å²) in [5, 5.41) is 2.39. The molecular formula is C7H8F3N3. The van der Waals surface area contributed by atoms with Gasteiger partial charge < -0.3 is 4.57 Å². The molecule has 1 aromatic heterocycles. The van der Waals surface area contributed by atoms with Crippen molar-refractivity contribution in [1.82, 2.24) is 14.9 Å². The number of aromatic nitrogens is 2. The largest absolute Gasteiger partial charge is 0.410 e. The van der Waals surface area contributed by atoms with Gasteiger partial charge in [0.05, 0.1) is 0 Å². The number of nitrogens with one attached hydrogen (secondary N) is 1. The number of halogens is 3. The van der Waals surface area contributed by atoms with Gasteiger partial charge in [-0.1, -0.05) is 0 Å². The van der Waals surface area contributed by atoms with Gasteiger partial charge in [0.15, 0.2) is 6.04 Å². The molecule has 2 heterocycles. The molecule has 6 heteroatoms. The molecule has 0 amide bonds. The first kappa shape index (κ1) is 8.55. The van der Waals surface area contributed by atoms with Crippen molar-refractivity contribution in [2.24, 2.45) is 0 Å². The molecule has 0 aromatic carbocycles. The smallest absolute Gasteiger partial charge is 0.332 e. The predicted molar refractivity (Wildman–Crippen MR) is 39.0 cm³/mol. The van der Waals surface area contributed by atoms with Gasteiger partial charge in [-0.15, -0.1) is 0 Å². The summed E-state index contributed by atoms with van der Waals surface area (Å²) in [5.74, 6) is 0.0544. The van der Waals surface area contributed by atoms with Crippen LogP contribution in [0.1, 0.15) is 11.9 Å². The van der Waals surface area contributed by atoms with Crippen LogP contribution >= 0.6 is 0 Å². The van der Waals surface area contributed by atoms with Crippen molar-refractivity contribution in [2.75, 3.05) is 6.54 Å². The zero-order valence-corrected chi connectivity index (χ0v) is 6.67. The van der Waals surface area contributed by atoms with Crippen molar-refractivity contribution in [3.63, 3.8) is 0 Å².